The summed E-state index contributed by atoms with van der Waals surface area (Å²) in [6.07, 6.45) is 1.08. The molecule has 0 spiro atoms. The van der Waals surface area contributed by atoms with E-state index < -0.39 is 0 Å². The van der Waals surface area contributed by atoms with E-state index in [0.29, 0.717) is 23.2 Å². The van der Waals surface area contributed by atoms with Crippen LogP contribution in [0.4, 0.5) is 11.4 Å². The molecule has 0 bridgehead atoms. The zero-order chi connectivity index (χ0) is 22.3. The van der Waals surface area contributed by atoms with Gasteiger partial charge in [-0.25, -0.2) is 0 Å². The number of carbonyl (C=O) groups is 2. The van der Waals surface area contributed by atoms with Gasteiger partial charge in [0.05, 0.1) is 0 Å². The molecule has 5 nitrogen and oxygen atoms in total. The van der Waals surface area contributed by atoms with E-state index in [0.717, 1.165) is 6.42 Å². The van der Waals surface area contributed by atoms with Gasteiger partial charge in [-0.05, 0) is 49.1 Å². The lowest BCUT2D eigenvalue weighted by Crippen LogP contribution is -2.93. The third-order valence-corrected chi connectivity index (χ3v) is 5.11. The fraction of sp³-hybridized carbons (Fsp3) is 0.440. The van der Waals surface area contributed by atoms with Crippen LogP contribution in [-0.4, -0.2) is 17.9 Å². The zero-order valence-electron chi connectivity index (χ0n) is 19.0. The molecule has 0 saturated heterocycles. The Morgan fingerprint density at radius 3 is 1.83 bits per heavy atom. The van der Waals surface area contributed by atoms with Gasteiger partial charge in [-0.15, -0.1) is 0 Å². The molecule has 162 valence electrons. The standard InChI is InChI=1S/C25H35N3O2/c1-16(2)15-20-7-9-21(10-8-20)24(17(3)4)26-18(5)25(30)28-23-13-11-22(12-14-23)27-19(6)29/h7-14,16-18,24,26H,15H2,1-6H3,(H,27,29)(H,28,30)/p+1/t18-,24+/m1/s1. The monoisotopic (exact) mass is 410 g/mol. The minimum absolute atomic E-state index is 0.0376. The van der Waals surface area contributed by atoms with Crippen molar-refractivity contribution in [3.63, 3.8) is 0 Å². The number of hydrogen-bond donors (Lipinski definition) is 3. The average Bonchev–Trinajstić information content (AvgIpc) is 2.67. The molecule has 30 heavy (non-hydrogen) atoms. The van der Waals surface area contributed by atoms with Crippen LogP contribution in [0.25, 0.3) is 0 Å². The normalized spacial score (nSPS) is 13.2. The Bertz CT molecular complexity index is 826. The van der Waals surface area contributed by atoms with Gasteiger partial charge >= 0.3 is 0 Å². The first kappa shape index (κ1) is 23.6. The highest BCUT2D eigenvalue weighted by molar-refractivity contribution is 5.94. The summed E-state index contributed by atoms with van der Waals surface area (Å²) < 4.78 is 0. The lowest BCUT2D eigenvalue weighted by Gasteiger charge is -2.23. The summed E-state index contributed by atoms with van der Waals surface area (Å²) >= 11 is 0. The third-order valence-electron chi connectivity index (χ3n) is 5.11. The summed E-state index contributed by atoms with van der Waals surface area (Å²) in [6, 6.07) is 15.9. The Morgan fingerprint density at radius 1 is 0.833 bits per heavy atom. The van der Waals surface area contributed by atoms with Gasteiger partial charge in [-0.2, -0.15) is 0 Å². The van der Waals surface area contributed by atoms with Crippen molar-refractivity contribution in [3.8, 4) is 0 Å². The first-order valence-corrected chi connectivity index (χ1v) is 10.8. The van der Waals surface area contributed by atoms with Crippen molar-refractivity contribution in [2.24, 2.45) is 11.8 Å². The number of nitrogens with two attached hydrogens (primary N) is 1. The maximum Gasteiger partial charge on any atom is 0.282 e. The fourth-order valence-corrected chi connectivity index (χ4v) is 3.56. The van der Waals surface area contributed by atoms with Crippen molar-refractivity contribution < 1.29 is 14.9 Å². The Hall–Kier alpha value is -2.66. The lowest BCUT2D eigenvalue weighted by molar-refractivity contribution is -0.718. The molecule has 4 N–H and O–H groups in total. The topological polar surface area (TPSA) is 74.8 Å². The molecule has 2 amide bonds. The van der Waals surface area contributed by atoms with Crippen LogP contribution in [0.1, 0.15) is 58.7 Å². The van der Waals surface area contributed by atoms with Crippen LogP contribution < -0.4 is 16.0 Å². The molecule has 0 aliphatic heterocycles. The maximum absolute atomic E-state index is 12.7. The Morgan fingerprint density at radius 2 is 1.37 bits per heavy atom. The van der Waals surface area contributed by atoms with Gasteiger partial charge in [0, 0.05) is 29.8 Å². The summed E-state index contributed by atoms with van der Waals surface area (Å²) in [6.45, 7) is 12.2. The molecule has 2 atom stereocenters. The van der Waals surface area contributed by atoms with Crippen LogP contribution in [0, 0.1) is 11.8 Å². The van der Waals surface area contributed by atoms with Crippen molar-refractivity contribution in [2.45, 2.75) is 60.0 Å². The number of quaternary nitrogens is 1. The molecule has 0 saturated carbocycles. The Labute approximate surface area is 180 Å². The molecule has 2 aromatic carbocycles. The van der Waals surface area contributed by atoms with E-state index in [1.807, 2.05) is 6.92 Å². The van der Waals surface area contributed by atoms with E-state index in [1.54, 1.807) is 24.3 Å². The van der Waals surface area contributed by atoms with Crippen LogP contribution in [0.3, 0.4) is 0 Å². The Kier molecular flexibility index (Phi) is 8.60. The SMILES string of the molecule is CC(=O)Nc1ccc(NC(=O)[C@@H](C)[NH2+][C@H](c2ccc(CC(C)C)cc2)C(C)C)cc1. The van der Waals surface area contributed by atoms with E-state index in [2.05, 4.69) is 67.9 Å². The molecule has 0 aliphatic rings. The third kappa shape index (κ3) is 7.30. The van der Waals surface area contributed by atoms with E-state index in [-0.39, 0.29) is 23.9 Å². The first-order chi connectivity index (χ1) is 14.2. The molecule has 5 heteroatoms. The maximum atomic E-state index is 12.7. The van der Waals surface area contributed by atoms with Gasteiger partial charge in [0.2, 0.25) is 5.91 Å². The van der Waals surface area contributed by atoms with Gasteiger partial charge in [0.25, 0.3) is 5.91 Å². The van der Waals surface area contributed by atoms with Crippen molar-refractivity contribution in [2.75, 3.05) is 10.6 Å². The molecule has 2 aromatic rings. The second-order valence-electron chi connectivity index (χ2n) is 8.84. The molecule has 0 radical (unpaired) electrons. The van der Waals surface area contributed by atoms with E-state index in [1.165, 1.54) is 18.1 Å². The van der Waals surface area contributed by atoms with E-state index >= 15 is 0 Å². The van der Waals surface area contributed by atoms with Gasteiger partial charge in [0.1, 0.15) is 6.04 Å². The quantitative estimate of drug-likeness (QED) is 0.581. The lowest BCUT2D eigenvalue weighted by atomic mass is 9.93. The van der Waals surface area contributed by atoms with E-state index in [9.17, 15) is 9.59 Å². The fourth-order valence-electron chi connectivity index (χ4n) is 3.56. The minimum atomic E-state index is -0.234. The number of amides is 2. The van der Waals surface area contributed by atoms with Crippen molar-refractivity contribution in [1.82, 2.24) is 0 Å². The van der Waals surface area contributed by atoms with Crippen LogP contribution >= 0.6 is 0 Å². The number of anilines is 2. The second-order valence-corrected chi connectivity index (χ2v) is 8.84. The molecule has 0 fully saturated rings. The smallest absolute Gasteiger partial charge is 0.282 e. The van der Waals surface area contributed by atoms with Crippen LogP contribution in [0.15, 0.2) is 48.5 Å². The molecule has 0 heterocycles. The minimum Gasteiger partial charge on any atom is -0.330 e. The molecule has 0 aromatic heterocycles. The zero-order valence-corrected chi connectivity index (χ0v) is 19.0. The highest BCUT2D eigenvalue weighted by atomic mass is 16.2. The Balaban J connectivity index is 2.00. The number of nitrogens with one attached hydrogen (secondary N) is 2. The highest BCUT2D eigenvalue weighted by Gasteiger charge is 2.26. The first-order valence-electron chi connectivity index (χ1n) is 10.8. The molecule has 2 rings (SSSR count). The number of rotatable bonds is 9. The molecule has 0 unspecified atom stereocenters. The van der Waals surface area contributed by atoms with Gasteiger partial charge in [0.15, 0.2) is 6.04 Å². The van der Waals surface area contributed by atoms with Crippen LogP contribution in [0.5, 0.6) is 0 Å². The average molecular weight is 411 g/mol. The predicted octanol–water partition coefficient (Wildman–Crippen LogP) is 4.13. The van der Waals surface area contributed by atoms with Gasteiger partial charge in [-0.3, -0.25) is 9.59 Å². The molecule has 0 aliphatic carbocycles. The number of hydrogen-bond acceptors (Lipinski definition) is 2. The molecular formula is C25H36N3O2+. The predicted molar refractivity (Wildman–Crippen MR) is 123 cm³/mol. The van der Waals surface area contributed by atoms with Crippen molar-refractivity contribution in [1.29, 1.82) is 0 Å². The molecular weight excluding hydrogens is 374 g/mol. The van der Waals surface area contributed by atoms with Crippen LogP contribution in [-0.2, 0) is 16.0 Å². The largest absolute Gasteiger partial charge is 0.330 e. The summed E-state index contributed by atoms with van der Waals surface area (Å²) in [5.41, 5.74) is 4.02. The van der Waals surface area contributed by atoms with Crippen molar-refractivity contribution in [3.05, 3.63) is 59.7 Å². The van der Waals surface area contributed by atoms with Crippen molar-refractivity contribution >= 4 is 23.2 Å². The van der Waals surface area contributed by atoms with E-state index in [4.69, 9.17) is 0 Å². The van der Waals surface area contributed by atoms with Crippen LogP contribution in [0.2, 0.25) is 0 Å². The number of benzene rings is 2. The number of carbonyl (C=O) groups excluding carboxylic acids is 2. The highest BCUT2D eigenvalue weighted by Crippen LogP contribution is 2.20. The summed E-state index contributed by atoms with van der Waals surface area (Å²) in [7, 11) is 0. The van der Waals surface area contributed by atoms with Gasteiger partial charge in [-0.1, -0.05) is 52.0 Å². The second kappa shape index (κ2) is 10.9. The summed E-state index contributed by atoms with van der Waals surface area (Å²) in [4.78, 5) is 23.8. The summed E-state index contributed by atoms with van der Waals surface area (Å²) in [5, 5.41) is 7.83. The van der Waals surface area contributed by atoms with Gasteiger partial charge < -0.3 is 16.0 Å². The summed E-state index contributed by atoms with van der Waals surface area (Å²) in [5.74, 6) is 0.879.